The van der Waals surface area contributed by atoms with Crippen LogP contribution in [-0.2, 0) is 4.74 Å². The van der Waals surface area contributed by atoms with Crippen molar-refractivity contribution < 1.29 is 23.4 Å². The molecular weight excluding hydrogens is 650 g/mol. The molecule has 3 atom stereocenters. The van der Waals surface area contributed by atoms with E-state index in [0.717, 1.165) is 71.2 Å². The molecule has 0 radical (unpaired) electrons. The number of rotatable bonds is 7. The van der Waals surface area contributed by atoms with Crippen molar-refractivity contribution in [2.24, 2.45) is 5.41 Å². The van der Waals surface area contributed by atoms with E-state index in [4.69, 9.17) is 20.9 Å². The van der Waals surface area contributed by atoms with E-state index in [2.05, 4.69) is 32.1 Å². The number of aromatic hydroxyl groups is 1. The summed E-state index contributed by atoms with van der Waals surface area (Å²) in [4.78, 5) is 14.2. The van der Waals surface area contributed by atoms with Crippen LogP contribution in [0.1, 0.15) is 62.5 Å². The van der Waals surface area contributed by atoms with Gasteiger partial charge in [-0.25, -0.2) is 8.78 Å². The van der Waals surface area contributed by atoms with Gasteiger partial charge < -0.3 is 24.8 Å². The van der Waals surface area contributed by atoms with Gasteiger partial charge >= 0.3 is 6.01 Å². The largest absolute Gasteiger partial charge is 0.508 e. The topological polar surface area (TPSA) is 107 Å². The first-order valence-corrected chi connectivity index (χ1v) is 18.1. The van der Waals surface area contributed by atoms with Crippen LogP contribution in [0.15, 0.2) is 30.3 Å². The summed E-state index contributed by atoms with van der Waals surface area (Å²) in [5, 5.41) is 25.8. The number of nitriles is 1. The number of halogens is 2. The number of aromatic nitrogens is 2. The number of benzene rings is 3. The van der Waals surface area contributed by atoms with Gasteiger partial charge in [0, 0.05) is 73.2 Å². The van der Waals surface area contributed by atoms with Crippen molar-refractivity contribution in [1.82, 2.24) is 20.2 Å². The van der Waals surface area contributed by atoms with E-state index in [1.807, 2.05) is 0 Å². The molecule has 262 valence electrons. The number of phenols is 1. The SMILES string of the molecule is C#Cc1c(F)ccc2cc(O)cc(-c3c(C#N)cc4c(N5CC6CCC(C5)N6)nc(OCC5(CN6CCC7(CCCCO7)C6)CC5)nc4c3F)c12. The Hall–Kier alpha value is -4.55. The molecule has 1 spiro atoms. The molecule has 2 bridgehead atoms. The maximum Gasteiger partial charge on any atom is 0.319 e. The van der Waals surface area contributed by atoms with Crippen molar-refractivity contribution in [3.05, 3.63) is 53.1 Å². The summed E-state index contributed by atoms with van der Waals surface area (Å²) >= 11 is 0. The van der Waals surface area contributed by atoms with Gasteiger partial charge in [0.2, 0.25) is 0 Å². The Balaban J connectivity index is 1.12. The fourth-order valence-corrected chi connectivity index (χ4v) is 9.09. The van der Waals surface area contributed by atoms with E-state index in [-0.39, 0.29) is 68.0 Å². The average Bonchev–Trinajstić information content (AvgIpc) is 3.68. The molecule has 9 nitrogen and oxygen atoms in total. The molecular formula is C40H40F2N6O3. The molecule has 4 aliphatic heterocycles. The molecule has 51 heavy (non-hydrogen) atoms. The standard InChI is InChI=1S/C40H40F2N6O3/c1-2-29-32(41)8-5-24-15-28(49)17-30(33(24)29)34-25(18-43)16-31-36(35(34)42)45-38(46-37(31)48-19-26-6-7-27(20-48)44-26)50-23-39(10-11-39)21-47-13-12-40(22-47)9-3-4-14-51-40/h1,5,8,15-17,26-27,44,49H,3-4,6-7,9-14,19-23H2. The Bertz CT molecular complexity index is 2140. The lowest BCUT2D eigenvalue weighted by molar-refractivity contribution is -0.0704. The minimum Gasteiger partial charge on any atom is -0.508 e. The molecule has 5 aliphatic rings. The minimum atomic E-state index is -0.786. The van der Waals surface area contributed by atoms with Gasteiger partial charge in [-0.15, -0.1) is 6.42 Å². The van der Waals surface area contributed by atoms with Gasteiger partial charge in [-0.3, -0.25) is 4.90 Å². The molecule has 11 heteroatoms. The van der Waals surface area contributed by atoms with E-state index >= 15 is 8.78 Å². The maximum absolute atomic E-state index is 17.2. The zero-order chi connectivity index (χ0) is 34.9. The summed E-state index contributed by atoms with van der Waals surface area (Å²) < 4.78 is 45.0. The fraction of sp³-hybridized carbons (Fsp3) is 0.475. The van der Waals surface area contributed by atoms with E-state index in [0.29, 0.717) is 36.3 Å². The van der Waals surface area contributed by atoms with Crippen molar-refractivity contribution >= 4 is 27.5 Å². The number of ether oxygens (including phenoxy) is 2. The molecule has 9 rings (SSSR count). The maximum atomic E-state index is 17.2. The van der Waals surface area contributed by atoms with Crippen LogP contribution in [0.2, 0.25) is 0 Å². The quantitative estimate of drug-likeness (QED) is 0.225. The number of hydrogen-bond acceptors (Lipinski definition) is 9. The van der Waals surface area contributed by atoms with Crippen LogP contribution < -0.4 is 15.0 Å². The van der Waals surface area contributed by atoms with Crippen LogP contribution in [0, 0.1) is 40.7 Å². The van der Waals surface area contributed by atoms with Crippen LogP contribution in [0.25, 0.3) is 32.8 Å². The lowest BCUT2D eigenvalue weighted by atomic mass is 9.90. The number of fused-ring (bicyclic) bond motifs is 4. The number of piperazine rings is 1. The first kappa shape index (κ1) is 32.4. The van der Waals surface area contributed by atoms with E-state index < -0.39 is 11.6 Å². The third kappa shape index (κ3) is 5.72. The van der Waals surface area contributed by atoms with Crippen LogP contribution in [0.5, 0.6) is 11.8 Å². The summed E-state index contributed by atoms with van der Waals surface area (Å²) in [5.74, 6) is 1.29. The van der Waals surface area contributed by atoms with Gasteiger partial charge in [-0.2, -0.15) is 15.2 Å². The third-order valence-corrected chi connectivity index (χ3v) is 11.8. The molecule has 1 saturated carbocycles. The third-order valence-electron chi connectivity index (χ3n) is 11.8. The van der Waals surface area contributed by atoms with Crippen LogP contribution in [-0.4, -0.2) is 83.6 Å². The van der Waals surface area contributed by atoms with Gasteiger partial charge in [0.15, 0.2) is 5.82 Å². The van der Waals surface area contributed by atoms with Crippen LogP contribution >= 0.6 is 0 Å². The Morgan fingerprint density at radius 1 is 1.08 bits per heavy atom. The molecule has 5 heterocycles. The number of likely N-dealkylation sites (tertiary alicyclic amines) is 1. The molecule has 5 fully saturated rings. The predicted molar refractivity (Wildman–Crippen MR) is 190 cm³/mol. The van der Waals surface area contributed by atoms with Crippen molar-refractivity contribution in [2.75, 3.05) is 50.8 Å². The molecule has 0 amide bonds. The Morgan fingerprint density at radius 2 is 1.90 bits per heavy atom. The average molecular weight is 691 g/mol. The highest BCUT2D eigenvalue weighted by molar-refractivity contribution is 6.05. The fourth-order valence-electron chi connectivity index (χ4n) is 9.09. The zero-order valence-corrected chi connectivity index (χ0v) is 28.5. The smallest absolute Gasteiger partial charge is 0.319 e. The monoisotopic (exact) mass is 690 g/mol. The number of nitrogens with one attached hydrogen (secondary N) is 1. The number of anilines is 1. The first-order valence-electron chi connectivity index (χ1n) is 18.1. The van der Waals surface area contributed by atoms with Crippen LogP contribution in [0.4, 0.5) is 14.6 Å². The van der Waals surface area contributed by atoms with Crippen molar-refractivity contribution in [2.45, 2.75) is 69.1 Å². The summed E-state index contributed by atoms with van der Waals surface area (Å²) in [7, 11) is 0. The lowest BCUT2D eigenvalue weighted by Gasteiger charge is -2.34. The van der Waals surface area contributed by atoms with E-state index in [1.165, 1.54) is 30.7 Å². The Kier molecular flexibility index (Phi) is 7.80. The van der Waals surface area contributed by atoms with E-state index in [1.54, 1.807) is 6.07 Å². The highest BCUT2D eigenvalue weighted by Crippen LogP contribution is 2.48. The van der Waals surface area contributed by atoms with Crippen LogP contribution in [0.3, 0.4) is 0 Å². The predicted octanol–water partition coefficient (Wildman–Crippen LogP) is 6.03. The highest BCUT2D eigenvalue weighted by Gasteiger charge is 2.49. The number of nitrogens with zero attached hydrogens (tertiary/aromatic N) is 5. The van der Waals surface area contributed by atoms with Gasteiger partial charge in [-0.1, -0.05) is 12.0 Å². The van der Waals surface area contributed by atoms with Gasteiger partial charge in [0.1, 0.15) is 22.9 Å². The van der Waals surface area contributed by atoms with Crippen molar-refractivity contribution in [3.8, 4) is 41.3 Å². The highest BCUT2D eigenvalue weighted by atomic mass is 19.1. The zero-order valence-electron chi connectivity index (χ0n) is 28.5. The summed E-state index contributed by atoms with van der Waals surface area (Å²) in [5.41, 5.74) is -0.141. The molecule has 3 unspecified atom stereocenters. The number of terminal acetylenes is 1. The Labute approximate surface area is 295 Å². The molecule has 3 aromatic carbocycles. The molecule has 4 aromatic rings. The molecule has 1 aliphatic carbocycles. The van der Waals surface area contributed by atoms with Gasteiger partial charge in [0.05, 0.1) is 29.4 Å². The van der Waals surface area contributed by atoms with Gasteiger partial charge in [-0.05, 0) is 86.6 Å². The van der Waals surface area contributed by atoms with Gasteiger partial charge in [0.25, 0.3) is 0 Å². The summed E-state index contributed by atoms with van der Waals surface area (Å²) in [6.45, 7) is 5.46. The molecule has 2 N–H and O–H groups in total. The first-order chi connectivity index (χ1) is 24.8. The van der Waals surface area contributed by atoms with Crippen molar-refractivity contribution in [3.63, 3.8) is 0 Å². The number of phenolic OH excluding ortho intramolecular Hbond substituents is 1. The second-order valence-electron chi connectivity index (χ2n) is 15.4. The number of hydrogen-bond donors (Lipinski definition) is 2. The molecule has 1 aromatic heterocycles. The summed E-state index contributed by atoms with van der Waals surface area (Å²) in [6, 6.07) is 9.82. The second-order valence-corrected chi connectivity index (χ2v) is 15.4. The molecule has 4 saturated heterocycles. The second kappa shape index (κ2) is 12.3. The summed E-state index contributed by atoms with van der Waals surface area (Å²) in [6.07, 6.45) is 14.4. The van der Waals surface area contributed by atoms with Crippen molar-refractivity contribution in [1.29, 1.82) is 5.26 Å². The Morgan fingerprint density at radius 3 is 2.63 bits per heavy atom. The lowest BCUT2D eigenvalue weighted by Crippen LogP contribution is -2.51. The normalized spacial score (nSPS) is 25.4. The minimum absolute atomic E-state index is 0.00183. The van der Waals surface area contributed by atoms with E-state index in [9.17, 15) is 10.4 Å².